The molecule has 56 valence electrons. The Labute approximate surface area is 54.6 Å². The van der Waals surface area contributed by atoms with Crippen molar-refractivity contribution in [3.63, 3.8) is 0 Å². The standard InChI is InChI=1S/C4H12FN2OP/c1-3-6-9(5,8)7-4-2/h3-4H2,1-2H3,(H2,6,7,8). The number of nitrogens with one attached hydrogen (secondary N) is 2. The maximum atomic E-state index is 12.4. The molecule has 0 amide bonds. The summed E-state index contributed by atoms with van der Waals surface area (Å²) in [5, 5.41) is 4.40. The Morgan fingerprint density at radius 1 is 1.33 bits per heavy atom. The molecule has 0 rings (SSSR count). The Morgan fingerprint density at radius 2 is 1.67 bits per heavy atom. The average molecular weight is 154 g/mol. The lowest BCUT2D eigenvalue weighted by atomic mass is 10.8. The van der Waals surface area contributed by atoms with Crippen molar-refractivity contribution in [2.24, 2.45) is 0 Å². The minimum atomic E-state index is -3.69. The zero-order valence-electron chi connectivity index (χ0n) is 5.65. The summed E-state index contributed by atoms with van der Waals surface area (Å²) in [5.41, 5.74) is 0. The normalized spacial score (nSPS) is 11.9. The first-order valence-corrected chi connectivity index (χ1v) is 4.52. The predicted molar refractivity (Wildman–Crippen MR) is 36.1 cm³/mol. The molecule has 5 heteroatoms. The summed E-state index contributed by atoms with van der Waals surface area (Å²) in [4.78, 5) is 0. The molecule has 0 saturated carbocycles. The second-order valence-corrected chi connectivity index (χ2v) is 3.25. The summed E-state index contributed by atoms with van der Waals surface area (Å²) in [6, 6.07) is 0. The number of hydrogen-bond donors (Lipinski definition) is 2. The smallest absolute Gasteiger partial charge is 0.251 e. The number of halogens is 1. The van der Waals surface area contributed by atoms with Gasteiger partial charge in [-0.2, -0.15) is 4.20 Å². The third-order valence-electron chi connectivity index (χ3n) is 0.723. The zero-order valence-corrected chi connectivity index (χ0v) is 6.54. The molecule has 9 heavy (non-hydrogen) atoms. The summed E-state index contributed by atoms with van der Waals surface area (Å²) in [6.45, 7) is 4.15. The van der Waals surface area contributed by atoms with Gasteiger partial charge in [0.05, 0.1) is 0 Å². The maximum absolute atomic E-state index is 12.4. The molecule has 0 saturated heterocycles. The molecular weight excluding hydrogens is 142 g/mol. The first kappa shape index (κ1) is 9.08. The van der Waals surface area contributed by atoms with Gasteiger partial charge in [-0.1, -0.05) is 13.8 Å². The van der Waals surface area contributed by atoms with Crippen molar-refractivity contribution >= 4 is 7.75 Å². The lowest BCUT2D eigenvalue weighted by Crippen LogP contribution is -2.18. The van der Waals surface area contributed by atoms with Crippen LogP contribution in [0.4, 0.5) is 4.20 Å². The Bertz CT molecular complexity index is 109. The molecule has 0 aromatic heterocycles. The lowest BCUT2D eigenvalue weighted by Gasteiger charge is -2.07. The molecule has 3 nitrogen and oxygen atoms in total. The van der Waals surface area contributed by atoms with E-state index in [1.165, 1.54) is 0 Å². The molecule has 0 unspecified atom stereocenters. The third-order valence-corrected chi connectivity index (χ3v) is 2.17. The Morgan fingerprint density at radius 3 is 1.89 bits per heavy atom. The molecular formula is C4H12FN2OP. The summed E-state index contributed by atoms with van der Waals surface area (Å²) < 4.78 is 22.9. The maximum Gasteiger partial charge on any atom is 0.377 e. The largest absolute Gasteiger partial charge is 0.377 e. The van der Waals surface area contributed by atoms with Crippen LogP contribution in [0.15, 0.2) is 0 Å². The van der Waals surface area contributed by atoms with Gasteiger partial charge in [-0.15, -0.1) is 0 Å². The first-order chi connectivity index (χ1) is 4.12. The van der Waals surface area contributed by atoms with Crippen LogP contribution < -0.4 is 10.2 Å². The van der Waals surface area contributed by atoms with Crippen LogP contribution in [0.1, 0.15) is 13.8 Å². The van der Waals surface area contributed by atoms with E-state index >= 15 is 0 Å². The summed E-state index contributed by atoms with van der Waals surface area (Å²) in [5.74, 6) is 0. The van der Waals surface area contributed by atoms with Gasteiger partial charge in [0.15, 0.2) is 0 Å². The van der Waals surface area contributed by atoms with Crippen LogP contribution in [-0.4, -0.2) is 13.1 Å². The fourth-order valence-corrected chi connectivity index (χ4v) is 1.39. The van der Waals surface area contributed by atoms with Gasteiger partial charge in [-0.05, 0) is 0 Å². The highest BCUT2D eigenvalue weighted by atomic mass is 31.2. The van der Waals surface area contributed by atoms with Crippen molar-refractivity contribution in [2.45, 2.75) is 13.8 Å². The number of rotatable bonds is 4. The monoisotopic (exact) mass is 154 g/mol. The SMILES string of the molecule is CCNP(=O)(F)NCC. The lowest BCUT2D eigenvalue weighted by molar-refractivity contribution is 0.514. The second kappa shape index (κ2) is 3.99. The summed E-state index contributed by atoms with van der Waals surface area (Å²) >= 11 is 0. The topological polar surface area (TPSA) is 41.1 Å². The van der Waals surface area contributed by atoms with E-state index in [-0.39, 0.29) is 0 Å². The van der Waals surface area contributed by atoms with E-state index in [2.05, 4.69) is 10.2 Å². The minimum Gasteiger partial charge on any atom is -0.251 e. The quantitative estimate of drug-likeness (QED) is 0.599. The first-order valence-electron chi connectivity index (χ1n) is 2.92. The van der Waals surface area contributed by atoms with Crippen LogP contribution in [-0.2, 0) is 4.57 Å². The average Bonchev–Trinajstić information content (AvgIpc) is 1.64. The molecule has 0 bridgehead atoms. The van der Waals surface area contributed by atoms with E-state index in [1.807, 2.05) is 0 Å². The van der Waals surface area contributed by atoms with Gasteiger partial charge in [0.2, 0.25) is 0 Å². The predicted octanol–water partition coefficient (Wildman–Crippen LogP) is 1.28. The highest BCUT2D eigenvalue weighted by molar-refractivity contribution is 7.54. The van der Waals surface area contributed by atoms with Crippen molar-refractivity contribution in [2.75, 3.05) is 13.1 Å². The van der Waals surface area contributed by atoms with Crippen molar-refractivity contribution in [3.05, 3.63) is 0 Å². The van der Waals surface area contributed by atoms with Crippen LogP contribution in [0.2, 0.25) is 0 Å². The van der Waals surface area contributed by atoms with Gasteiger partial charge in [-0.3, -0.25) is 4.57 Å². The van der Waals surface area contributed by atoms with Gasteiger partial charge >= 0.3 is 7.75 Å². The third kappa shape index (κ3) is 4.58. The molecule has 0 fully saturated rings. The molecule has 0 heterocycles. The molecule has 0 aliphatic carbocycles. The van der Waals surface area contributed by atoms with Crippen LogP contribution in [0.5, 0.6) is 0 Å². The van der Waals surface area contributed by atoms with Crippen molar-refractivity contribution in [3.8, 4) is 0 Å². The van der Waals surface area contributed by atoms with E-state index in [0.717, 1.165) is 0 Å². The summed E-state index contributed by atoms with van der Waals surface area (Å²) in [7, 11) is -3.69. The van der Waals surface area contributed by atoms with Gasteiger partial charge in [0.1, 0.15) is 0 Å². The van der Waals surface area contributed by atoms with E-state index in [9.17, 15) is 8.76 Å². The van der Waals surface area contributed by atoms with Crippen LogP contribution in [0, 0.1) is 0 Å². The van der Waals surface area contributed by atoms with Crippen LogP contribution in [0.3, 0.4) is 0 Å². The Kier molecular flexibility index (Phi) is 4.02. The van der Waals surface area contributed by atoms with Gasteiger partial charge in [-0.25, -0.2) is 10.2 Å². The molecule has 0 aliphatic heterocycles. The fraction of sp³-hybridized carbons (Fsp3) is 1.00. The van der Waals surface area contributed by atoms with Crippen LogP contribution >= 0.6 is 7.75 Å². The van der Waals surface area contributed by atoms with Gasteiger partial charge < -0.3 is 0 Å². The summed E-state index contributed by atoms with van der Waals surface area (Å²) in [6.07, 6.45) is 0. The van der Waals surface area contributed by atoms with E-state index < -0.39 is 7.75 Å². The van der Waals surface area contributed by atoms with Crippen LogP contribution in [0.25, 0.3) is 0 Å². The molecule has 2 N–H and O–H groups in total. The highest BCUT2D eigenvalue weighted by Gasteiger charge is 2.15. The van der Waals surface area contributed by atoms with Gasteiger partial charge in [0.25, 0.3) is 0 Å². The number of hydrogen-bond acceptors (Lipinski definition) is 1. The molecule has 0 radical (unpaired) electrons. The molecule has 0 aliphatic rings. The molecule has 0 spiro atoms. The minimum absolute atomic E-state index is 0.376. The Hall–Kier alpha value is 0.0800. The van der Waals surface area contributed by atoms with E-state index in [0.29, 0.717) is 13.1 Å². The molecule has 0 atom stereocenters. The second-order valence-electron chi connectivity index (χ2n) is 1.56. The van der Waals surface area contributed by atoms with Crippen molar-refractivity contribution in [1.29, 1.82) is 0 Å². The molecule has 0 aromatic carbocycles. The van der Waals surface area contributed by atoms with Crippen molar-refractivity contribution in [1.82, 2.24) is 10.2 Å². The van der Waals surface area contributed by atoms with Gasteiger partial charge in [0, 0.05) is 13.1 Å². The van der Waals surface area contributed by atoms with E-state index in [1.54, 1.807) is 13.8 Å². The Balaban J connectivity index is 3.58. The fourth-order valence-electron chi connectivity index (χ4n) is 0.463. The highest BCUT2D eigenvalue weighted by Crippen LogP contribution is 2.36. The van der Waals surface area contributed by atoms with Crippen molar-refractivity contribution < 1.29 is 8.76 Å². The zero-order chi connectivity index (χ0) is 7.33. The molecule has 0 aromatic rings. The van der Waals surface area contributed by atoms with E-state index in [4.69, 9.17) is 0 Å².